The van der Waals surface area contributed by atoms with Crippen molar-refractivity contribution in [3.05, 3.63) is 0 Å². The molecule has 0 saturated heterocycles. The number of hydrogen-bond donors (Lipinski definition) is 2. The van der Waals surface area contributed by atoms with Gasteiger partial charge >= 0.3 is 0 Å². The van der Waals surface area contributed by atoms with Crippen molar-refractivity contribution in [2.45, 2.75) is 51.0 Å². The van der Waals surface area contributed by atoms with Gasteiger partial charge in [0.2, 0.25) is 5.91 Å². The maximum Gasteiger partial charge on any atom is 0.223 e. The first kappa shape index (κ1) is 13.4. The van der Waals surface area contributed by atoms with Gasteiger partial charge in [-0.3, -0.25) is 4.79 Å². The van der Waals surface area contributed by atoms with Crippen LogP contribution in [0, 0.1) is 29.1 Å². The second-order valence-corrected chi connectivity index (χ2v) is 5.73. The lowest BCUT2D eigenvalue weighted by molar-refractivity contribution is -0.127. The summed E-state index contributed by atoms with van der Waals surface area (Å²) in [5.41, 5.74) is 5.66. The van der Waals surface area contributed by atoms with Crippen LogP contribution in [0.2, 0.25) is 0 Å². The minimum atomic E-state index is 0.0225. The molecule has 1 amide bonds. The predicted octanol–water partition coefficient (Wildman–Crippen LogP) is 1.56. The van der Waals surface area contributed by atoms with Crippen LogP contribution in [-0.2, 0) is 4.79 Å². The summed E-state index contributed by atoms with van der Waals surface area (Å²) in [5, 5.41) is 12.1. The molecule has 2 atom stereocenters. The van der Waals surface area contributed by atoms with Crippen molar-refractivity contribution >= 4 is 5.91 Å². The van der Waals surface area contributed by atoms with E-state index in [1.807, 2.05) is 0 Å². The lowest BCUT2D eigenvalue weighted by Crippen LogP contribution is -2.41. The zero-order chi connectivity index (χ0) is 13.0. The quantitative estimate of drug-likeness (QED) is 0.796. The number of carbonyl (C=O) groups is 1. The second kappa shape index (κ2) is 6.19. The maximum absolute atomic E-state index is 12.2. The van der Waals surface area contributed by atoms with Crippen LogP contribution in [0.15, 0.2) is 0 Å². The van der Waals surface area contributed by atoms with Gasteiger partial charge in [-0.1, -0.05) is 0 Å². The van der Waals surface area contributed by atoms with Gasteiger partial charge in [0, 0.05) is 12.0 Å². The van der Waals surface area contributed by atoms with Crippen LogP contribution in [0.1, 0.15) is 44.9 Å². The molecule has 0 aliphatic heterocycles. The number of amides is 1. The van der Waals surface area contributed by atoms with Gasteiger partial charge in [-0.2, -0.15) is 5.26 Å². The van der Waals surface area contributed by atoms with Crippen LogP contribution < -0.4 is 11.1 Å². The molecule has 100 valence electrons. The average Bonchev–Trinajstić information content (AvgIpc) is 2.86. The zero-order valence-electron chi connectivity index (χ0n) is 10.9. The largest absolute Gasteiger partial charge is 0.352 e. The Morgan fingerprint density at radius 3 is 2.56 bits per heavy atom. The highest BCUT2D eigenvalue weighted by atomic mass is 16.1. The van der Waals surface area contributed by atoms with Gasteiger partial charge in [-0.05, 0) is 57.4 Å². The van der Waals surface area contributed by atoms with Crippen LogP contribution in [0.5, 0.6) is 0 Å². The van der Waals surface area contributed by atoms with Gasteiger partial charge in [0.25, 0.3) is 0 Å². The maximum atomic E-state index is 12.2. The van der Waals surface area contributed by atoms with Crippen LogP contribution >= 0.6 is 0 Å². The van der Waals surface area contributed by atoms with Crippen LogP contribution in [0.4, 0.5) is 0 Å². The summed E-state index contributed by atoms with van der Waals surface area (Å²) in [6.45, 7) is 0.744. The van der Waals surface area contributed by atoms with E-state index in [1.54, 1.807) is 0 Å². The van der Waals surface area contributed by atoms with Crippen molar-refractivity contribution in [1.29, 1.82) is 5.26 Å². The molecule has 0 heterocycles. The third-order valence-electron chi connectivity index (χ3n) is 4.56. The van der Waals surface area contributed by atoms with Gasteiger partial charge in [-0.25, -0.2) is 0 Å². The molecule has 2 unspecified atom stereocenters. The van der Waals surface area contributed by atoms with Gasteiger partial charge in [0.05, 0.1) is 12.0 Å². The van der Waals surface area contributed by atoms with Crippen LogP contribution in [0.3, 0.4) is 0 Å². The highest BCUT2D eigenvalue weighted by Gasteiger charge is 2.32. The third kappa shape index (κ3) is 3.02. The van der Waals surface area contributed by atoms with E-state index in [1.165, 1.54) is 0 Å². The molecule has 0 aromatic heterocycles. The van der Waals surface area contributed by atoms with E-state index in [-0.39, 0.29) is 23.8 Å². The molecule has 0 aromatic rings. The first-order valence-electron chi connectivity index (χ1n) is 7.14. The second-order valence-electron chi connectivity index (χ2n) is 5.73. The molecular formula is C14H23N3O. The molecule has 2 aliphatic rings. The van der Waals surface area contributed by atoms with Gasteiger partial charge < -0.3 is 11.1 Å². The van der Waals surface area contributed by atoms with Gasteiger partial charge in [0.15, 0.2) is 0 Å². The average molecular weight is 249 g/mol. The van der Waals surface area contributed by atoms with Crippen molar-refractivity contribution in [3.63, 3.8) is 0 Å². The molecule has 4 heteroatoms. The number of nitrogens with zero attached hydrogens (tertiary/aromatic N) is 1. The van der Waals surface area contributed by atoms with Crippen LogP contribution in [0.25, 0.3) is 0 Å². The lowest BCUT2D eigenvalue weighted by atomic mass is 9.81. The van der Waals surface area contributed by atoms with Gasteiger partial charge in [-0.15, -0.1) is 0 Å². The minimum Gasteiger partial charge on any atom is -0.352 e. The van der Waals surface area contributed by atoms with E-state index in [4.69, 9.17) is 11.0 Å². The Bertz CT molecular complexity index is 328. The van der Waals surface area contributed by atoms with E-state index in [2.05, 4.69) is 11.4 Å². The zero-order valence-corrected chi connectivity index (χ0v) is 10.9. The first-order chi connectivity index (χ1) is 8.74. The summed E-state index contributed by atoms with van der Waals surface area (Å²) in [4.78, 5) is 12.2. The standard InChI is InChI=1S/C14H23N3O/c15-8-10-4-6-11(7-5-10)14(18)17-13-3-1-2-12(13)9-16/h10-13H,1-8,15H2,(H,17,18). The summed E-state index contributed by atoms with van der Waals surface area (Å²) < 4.78 is 0. The van der Waals surface area contributed by atoms with Crippen LogP contribution in [-0.4, -0.2) is 18.5 Å². The number of hydrogen-bond acceptors (Lipinski definition) is 3. The first-order valence-corrected chi connectivity index (χ1v) is 7.14. The molecule has 0 bridgehead atoms. The number of nitrogens with two attached hydrogens (primary N) is 1. The van der Waals surface area contributed by atoms with Crippen molar-refractivity contribution < 1.29 is 4.79 Å². The Morgan fingerprint density at radius 2 is 1.94 bits per heavy atom. The van der Waals surface area contributed by atoms with Crippen molar-refractivity contribution in [2.24, 2.45) is 23.5 Å². The van der Waals surface area contributed by atoms with E-state index >= 15 is 0 Å². The molecular weight excluding hydrogens is 226 g/mol. The summed E-state index contributed by atoms with van der Waals surface area (Å²) in [6.07, 6.45) is 7.00. The lowest BCUT2D eigenvalue weighted by Gasteiger charge is -2.28. The smallest absolute Gasteiger partial charge is 0.223 e. The Morgan fingerprint density at radius 1 is 1.22 bits per heavy atom. The number of nitrogens with one attached hydrogen (secondary N) is 1. The van der Waals surface area contributed by atoms with E-state index in [0.29, 0.717) is 5.92 Å². The fourth-order valence-corrected chi connectivity index (χ4v) is 3.25. The molecule has 18 heavy (non-hydrogen) atoms. The molecule has 2 fully saturated rings. The van der Waals surface area contributed by atoms with Crippen molar-refractivity contribution in [2.75, 3.05) is 6.54 Å². The van der Waals surface area contributed by atoms with E-state index in [0.717, 1.165) is 51.5 Å². The highest BCUT2D eigenvalue weighted by molar-refractivity contribution is 5.79. The Hall–Kier alpha value is -1.08. The Balaban J connectivity index is 1.80. The van der Waals surface area contributed by atoms with Crippen molar-refractivity contribution in [3.8, 4) is 6.07 Å². The molecule has 2 aliphatic carbocycles. The normalized spacial score (nSPS) is 36.0. The third-order valence-corrected chi connectivity index (χ3v) is 4.56. The number of rotatable bonds is 3. The van der Waals surface area contributed by atoms with Crippen molar-refractivity contribution in [1.82, 2.24) is 5.32 Å². The molecule has 0 spiro atoms. The fourth-order valence-electron chi connectivity index (χ4n) is 3.25. The monoisotopic (exact) mass is 249 g/mol. The fraction of sp³-hybridized carbons (Fsp3) is 0.857. The molecule has 4 nitrogen and oxygen atoms in total. The SMILES string of the molecule is N#CC1CCCC1NC(=O)C1CCC(CN)CC1. The minimum absolute atomic E-state index is 0.0225. The molecule has 2 rings (SSSR count). The Labute approximate surface area is 109 Å². The molecule has 3 N–H and O–H groups in total. The highest BCUT2D eigenvalue weighted by Crippen LogP contribution is 2.30. The summed E-state index contributed by atoms with van der Waals surface area (Å²) in [5.74, 6) is 0.937. The molecule has 0 aromatic carbocycles. The van der Waals surface area contributed by atoms with E-state index in [9.17, 15) is 4.79 Å². The summed E-state index contributed by atoms with van der Waals surface area (Å²) in [7, 11) is 0. The molecule has 2 saturated carbocycles. The number of nitriles is 1. The van der Waals surface area contributed by atoms with E-state index < -0.39 is 0 Å². The topological polar surface area (TPSA) is 78.9 Å². The number of carbonyl (C=O) groups excluding carboxylic acids is 1. The summed E-state index contributed by atoms with van der Waals surface area (Å²) >= 11 is 0. The predicted molar refractivity (Wildman–Crippen MR) is 69.4 cm³/mol. The molecule has 0 radical (unpaired) electrons. The summed E-state index contributed by atoms with van der Waals surface area (Å²) in [6, 6.07) is 2.40. The Kier molecular flexibility index (Phi) is 4.60. The van der Waals surface area contributed by atoms with Gasteiger partial charge in [0.1, 0.15) is 0 Å².